The number of unbranched alkanes of at least 4 members (excludes halogenated alkanes) is 35. The van der Waals surface area contributed by atoms with E-state index in [0.29, 0.717) is 13.0 Å². The van der Waals surface area contributed by atoms with Crippen molar-refractivity contribution in [3.05, 3.63) is 12.2 Å². The maximum absolute atomic E-state index is 12.9. The predicted octanol–water partition coefficient (Wildman–Crippen LogP) is 13.0. The molecule has 0 aromatic carbocycles. The summed E-state index contributed by atoms with van der Waals surface area (Å²) in [6, 6.07) is 0. The molecule has 398 valence electrons. The molecule has 6 N–H and O–H groups in total. The van der Waals surface area contributed by atoms with Crippen molar-refractivity contribution in [3.8, 4) is 0 Å². The second kappa shape index (κ2) is 45.0. The van der Waals surface area contributed by atoms with Gasteiger partial charge in [0.25, 0.3) is 0 Å². The Morgan fingerprint density at radius 3 is 1.18 bits per heavy atom. The molecule has 0 saturated heterocycles. The van der Waals surface area contributed by atoms with Crippen LogP contribution in [0.2, 0.25) is 0 Å². The lowest BCUT2D eigenvalue weighted by molar-refractivity contribution is -0.220. The smallest absolute Gasteiger partial charge is 0.457 e. The van der Waals surface area contributed by atoms with E-state index < -0.39 is 63.1 Å². The SMILES string of the molecule is CCCCCCCCC/C=C\CCCCCCCCCC(=O)OC(COCCCCCCCCCCCCCCCCCCCCCCCC)COP(=O)(O)OC1C(O)C(O)C(O)C(O)C1O. The number of allylic oxidation sites excluding steroid dienone is 2. The van der Waals surface area contributed by atoms with Gasteiger partial charge in [-0.25, -0.2) is 4.57 Å². The number of aliphatic hydroxyl groups excluding tert-OH is 5. The fourth-order valence-electron chi connectivity index (χ4n) is 8.94. The molecule has 6 unspecified atom stereocenters. The van der Waals surface area contributed by atoms with Crippen molar-refractivity contribution in [2.45, 2.75) is 307 Å². The number of hydrogen-bond acceptors (Lipinski definition) is 11. The van der Waals surface area contributed by atoms with E-state index in [1.165, 1.54) is 193 Å². The van der Waals surface area contributed by atoms with Crippen molar-refractivity contribution < 1.29 is 58.3 Å². The summed E-state index contributed by atoms with van der Waals surface area (Å²) in [5.41, 5.74) is 0. The average Bonchev–Trinajstić information content (AvgIpc) is 3.31. The number of carbonyl (C=O) groups is 1. The molecule has 0 radical (unpaired) electrons. The van der Waals surface area contributed by atoms with Crippen LogP contribution in [-0.4, -0.2) is 98.9 Å². The Bertz CT molecular complexity index is 1160. The zero-order chi connectivity index (χ0) is 49.1. The molecule has 0 aromatic heterocycles. The van der Waals surface area contributed by atoms with E-state index in [-0.39, 0.29) is 13.0 Å². The molecule has 13 heteroatoms. The Morgan fingerprint density at radius 1 is 0.463 bits per heavy atom. The largest absolute Gasteiger partial charge is 0.472 e. The number of phosphoric ester groups is 1. The lowest BCUT2D eigenvalue weighted by Gasteiger charge is -2.41. The number of carbonyl (C=O) groups excluding carboxylic acids is 1. The van der Waals surface area contributed by atoms with E-state index >= 15 is 0 Å². The average molecular weight is 977 g/mol. The van der Waals surface area contributed by atoms with E-state index in [1.807, 2.05) is 0 Å². The molecule has 1 saturated carbocycles. The van der Waals surface area contributed by atoms with Crippen LogP contribution in [0.1, 0.15) is 264 Å². The molecule has 1 rings (SSSR count). The Morgan fingerprint density at radius 2 is 0.791 bits per heavy atom. The van der Waals surface area contributed by atoms with Crippen molar-refractivity contribution in [3.63, 3.8) is 0 Å². The second-order valence-corrected chi connectivity index (χ2v) is 21.2. The van der Waals surface area contributed by atoms with Gasteiger partial charge in [0.05, 0.1) is 13.2 Å². The summed E-state index contributed by atoms with van der Waals surface area (Å²) in [4.78, 5) is 23.3. The third-order valence-corrected chi connectivity index (χ3v) is 14.4. The predicted molar refractivity (Wildman–Crippen MR) is 272 cm³/mol. The molecular formula is C54H105O12P. The molecule has 1 aliphatic carbocycles. The highest BCUT2D eigenvalue weighted by molar-refractivity contribution is 7.47. The van der Waals surface area contributed by atoms with Gasteiger partial charge in [0.2, 0.25) is 0 Å². The van der Waals surface area contributed by atoms with Crippen LogP contribution in [0.4, 0.5) is 0 Å². The van der Waals surface area contributed by atoms with Crippen molar-refractivity contribution in [2.24, 2.45) is 0 Å². The molecule has 67 heavy (non-hydrogen) atoms. The van der Waals surface area contributed by atoms with Gasteiger partial charge in [0, 0.05) is 13.0 Å². The van der Waals surface area contributed by atoms with Gasteiger partial charge >= 0.3 is 13.8 Å². The summed E-state index contributed by atoms with van der Waals surface area (Å²) in [6.07, 6.45) is 40.0. The summed E-state index contributed by atoms with van der Waals surface area (Å²) < 4.78 is 34.4. The van der Waals surface area contributed by atoms with E-state index in [0.717, 1.165) is 44.9 Å². The van der Waals surface area contributed by atoms with Crippen LogP contribution in [-0.2, 0) is 27.9 Å². The zero-order valence-corrected chi connectivity index (χ0v) is 43.9. The molecular weight excluding hydrogens is 872 g/mol. The zero-order valence-electron chi connectivity index (χ0n) is 43.0. The quantitative estimate of drug-likeness (QED) is 0.0146. The van der Waals surface area contributed by atoms with E-state index in [2.05, 4.69) is 26.0 Å². The fraction of sp³-hybridized carbons (Fsp3) is 0.944. The first kappa shape index (κ1) is 64.1. The van der Waals surface area contributed by atoms with E-state index in [1.54, 1.807) is 0 Å². The number of esters is 1. The monoisotopic (exact) mass is 977 g/mol. The van der Waals surface area contributed by atoms with E-state index in [4.69, 9.17) is 18.5 Å². The van der Waals surface area contributed by atoms with E-state index in [9.17, 15) is 39.8 Å². The van der Waals surface area contributed by atoms with Crippen molar-refractivity contribution in [1.29, 1.82) is 0 Å². The van der Waals surface area contributed by atoms with Crippen molar-refractivity contribution in [1.82, 2.24) is 0 Å². The molecule has 0 aromatic rings. The summed E-state index contributed by atoms with van der Waals surface area (Å²) in [6.45, 7) is 4.31. The fourth-order valence-corrected chi connectivity index (χ4v) is 9.91. The third-order valence-electron chi connectivity index (χ3n) is 13.4. The Labute approximate surface area is 409 Å². The number of rotatable bonds is 49. The lowest BCUT2D eigenvalue weighted by Crippen LogP contribution is -2.64. The summed E-state index contributed by atoms with van der Waals surface area (Å²) in [5.74, 6) is -0.475. The van der Waals surface area contributed by atoms with Crippen LogP contribution in [0.5, 0.6) is 0 Å². The van der Waals surface area contributed by atoms with Gasteiger partial charge in [0.15, 0.2) is 0 Å². The first-order chi connectivity index (χ1) is 32.5. The minimum absolute atomic E-state index is 0.0718. The van der Waals surface area contributed by atoms with Crippen molar-refractivity contribution >= 4 is 13.8 Å². The van der Waals surface area contributed by atoms with Gasteiger partial charge in [-0.15, -0.1) is 0 Å². The van der Waals surface area contributed by atoms with Crippen LogP contribution in [0.3, 0.4) is 0 Å². The van der Waals surface area contributed by atoms with Gasteiger partial charge in [-0.2, -0.15) is 0 Å². The minimum atomic E-state index is -5.02. The number of aliphatic hydroxyl groups is 5. The molecule has 0 heterocycles. The maximum atomic E-state index is 12.9. The maximum Gasteiger partial charge on any atom is 0.472 e. The van der Waals surface area contributed by atoms with Crippen LogP contribution in [0.25, 0.3) is 0 Å². The van der Waals surface area contributed by atoms with Crippen molar-refractivity contribution in [2.75, 3.05) is 19.8 Å². The normalized spacial score (nSPS) is 21.3. The molecule has 0 aliphatic heterocycles. The molecule has 0 bridgehead atoms. The molecule has 0 amide bonds. The summed E-state index contributed by atoms with van der Waals surface area (Å²) in [7, 11) is -5.02. The Hall–Kier alpha value is -0.920. The summed E-state index contributed by atoms with van der Waals surface area (Å²) in [5, 5.41) is 50.4. The van der Waals surface area contributed by atoms with Gasteiger partial charge in [-0.1, -0.05) is 231 Å². The Balaban J connectivity index is 2.28. The van der Waals surface area contributed by atoms with Crippen LogP contribution in [0, 0.1) is 0 Å². The molecule has 1 fully saturated rings. The number of phosphoric acid groups is 1. The molecule has 6 atom stereocenters. The van der Waals surface area contributed by atoms with Gasteiger partial charge < -0.3 is 39.9 Å². The van der Waals surface area contributed by atoms with Gasteiger partial charge in [0.1, 0.15) is 42.7 Å². The first-order valence-electron chi connectivity index (χ1n) is 28.0. The number of hydrogen-bond donors (Lipinski definition) is 6. The second-order valence-electron chi connectivity index (χ2n) is 19.8. The molecule has 1 aliphatic rings. The summed E-state index contributed by atoms with van der Waals surface area (Å²) >= 11 is 0. The third kappa shape index (κ3) is 36.6. The highest BCUT2D eigenvalue weighted by atomic mass is 31.2. The lowest BCUT2D eigenvalue weighted by atomic mass is 9.85. The Kier molecular flexibility index (Phi) is 43.0. The molecule has 12 nitrogen and oxygen atoms in total. The minimum Gasteiger partial charge on any atom is -0.457 e. The molecule has 0 spiro atoms. The van der Waals surface area contributed by atoms with Crippen LogP contribution >= 0.6 is 7.82 Å². The topological polar surface area (TPSA) is 192 Å². The highest BCUT2D eigenvalue weighted by Crippen LogP contribution is 2.47. The van der Waals surface area contributed by atoms with Gasteiger partial charge in [-0.3, -0.25) is 13.8 Å². The van der Waals surface area contributed by atoms with Crippen LogP contribution < -0.4 is 0 Å². The van der Waals surface area contributed by atoms with Crippen LogP contribution in [0.15, 0.2) is 12.2 Å². The first-order valence-corrected chi connectivity index (χ1v) is 29.5. The number of ether oxygens (including phenoxy) is 2. The highest BCUT2D eigenvalue weighted by Gasteiger charge is 2.51. The standard InChI is InChI=1S/C54H105O12P/c1-3-5-7-9-11-13-15-17-19-21-23-24-25-26-28-30-32-34-36-38-40-42-44-63-45-47(46-64-67(61,62)66-54-52(59)50(57)49(56)51(58)53(54)60)65-48(55)43-41-39-37-35-33-31-29-27-22-20-18-16-14-12-10-8-6-4-2/h20,22,47,49-54,56-60H,3-19,21,23-46H2,1-2H3,(H,61,62)/b22-20-. The van der Waals surface area contributed by atoms with Gasteiger partial charge in [-0.05, 0) is 38.5 Å².